The number of aliphatic hydroxyl groups excluding tert-OH is 1. The summed E-state index contributed by atoms with van der Waals surface area (Å²) < 4.78 is 4.71. The first-order valence-corrected chi connectivity index (χ1v) is 1.96. The molecule has 1 rings (SSSR count). The Hall–Kier alpha value is -0.0800. The topological polar surface area (TPSA) is 32.8 Å². The molecule has 54 valence electrons. The lowest BCUT2D eigenvalue weighted by molar-refractivity contribution is 0.399. The molecule has 2 nitrogen and oxygen atoms in total. The summed E-state index contributed by atoms with van der Waals surface area (Å²) >= 11 is 0. The maximum atomic E-state index is 7.00. The second-order valence-corrected chi connectivity index (χ2v) is 1.14. The van der Waals surface area contributed by atoms with Crippen LogP contribution in [0, 0.1) is 0 Å². The third kappa shape index (κ3) is 16.8. The molecule has 0 aromatic heterocycles. The highest BCUT2D eigenvalue weighted by molar-refractivity contribution is 4.58. The minimum absolute atomic E-state index is 0. The molecule has 0 aromatic carbocycles. The van der Waals surface area contributed by atoms with Gasteiger partial charge >= 0.3 is 0 Å². The molecule has 1 heterocycles. The molecule has 0 bridgehead atoms. The molecule has 2 heteroatoms. The van der Waals surface area contributed by atoms with Gasteiger partial charge in [0.15, 0.2) is 0 Å². The van der Waals surface area contributed by atoms with Crippen LogP contribution in [-0.4, -0.2) is 24.9 Å². The van der Waals surface area contributed by atoms with Crippen LogP contribution in [-0.2, 0) is 4.74 Å². The summed E-state index contributed by atoms with van der Waals surface area (Å²) in [5.74, 6) is 0. The van der Waals surface area contributed by atoms with Gasteiger partial charge < -0.3 is 9.84 Å². The zero-order valence-electron chi connectivity index (χ0n) is 4.14. The van der Waals surface area contributed by atoms with E-state index in [4.69, 9.17) is 9.84 Å². The zero-order chi connectivity index (χ0) is 4.99. The van der Waals surface area contributed by atoms with E-state index in [-0.39, 0.29) is 14.9 Å². The van der Waals surface area contributed by atoms with Crippen LogP contribution >= 0.6 is 0 Å². The number of hydrogen-bond acceptors (Lipinski definition) is 2. The molecule has 1 atom stereocenters. The number of rotatable bonds is 0. The smallest absolute Gasteiger partial charge is 0.0781 e. The van der Waals surface area contributed by atoms with Crippen molar-refractivity contribution in [3.8, 4) is 0 Å². The van der Waals surface area contributed by atoms with Crippen molar-refractivity contribution in [1.82, 2.24) is 0 Å². The van der Waals surface area contributed by atoms with Crippen molar-refractivity contribution in [2.24, 2.45) is 0 Å². The van der Waals surface area contributed by atoms with Crippen molar-refractivity contribution in [3.63, 3.8) is 0 Å². The van der Waals surface area contributed by atoms with Gasteiger partial charge in [-0.25, -0.2) is 0 Å². The Morgan fingerprint density at radius 1 is 1.38 bits per heavy atom. The van der Waals surface area contributed by atoms with Gasteiger partial charge in [-0.2, -0.15) is 0 Å². The van der Waals surface area contributed by atoms with E-state index in [1.807, 2.05) is 0 Å². The van der Waals surface area contributed by atoms with Crippen LogP contribution in [0.1, 0.15) is 21.8 Å². The molecule has 0 amide bonds. The lowest BCUT2D eigenvalue weighted by Crippen LogP contribution is -1.60. The number of epoxide rings is 1. The molecule has 0 aliphatic carbocycles. The van der Waals surface area contributed by atoms with Crippen molar-refractivity contribution < 1.29 is 9.84 Å². The molecule has 1 unspecified atom stereocenters. The van der Waals surface area contributed by atoms with Crippen molar-refractivity contribution in [3.05, 3.63) is 0 Å². The van der Waals surface area contributed by atoms with E-state index >= 15 is 0 Å². The van der Waals surface area contributed by atoms with E-state index in [0.29, 0.717) is 6.10 Å². The van der Waals surface area contributed by atoms with E-state index < -0.39 is 0 Å². The summed E-state index contributed by atoms with van der Waals surface area (Å²) in [6, 6.07) is 0. The van der Waals surface area contributed by atoms with Gasteiger partial charge in [0.25, 0.3) is 0 Å². The Balaban J connectivity index is -0.0000000583. The molecular weight excluding hydrogens is 104 g/mol. The first-order chi connectivity index (χ1) is 2.89. The molecule has 0 saturated carbocycles. The highest BCUT2D eigenvalue weighted by Gasteiger charge is 2.13. The van der Waals surface area contributed by atoms with Gasteiger partial charge in [0, 0.05) is 7.11 Å². The molecule has 1 aliphatic rings. The first-order valence-electron chi connectivity index (χ1n) is 1.96. The summed E-state index contributed by atoms with van der Waals surface area (Å²) in [5.41, 5.74) is 0. The van der Waals surface area contributed by atoms with E-state index in [0.717, 1.165) is 13.7 Å². The van der Waals surface area contributed by atoms with Crippen molar-refractivity contribution in [1.29, 1.82) is 0 Å². The largest absolute Gasteiger partial charge is 0.400 e. The van der Waals surface area contributed by atoms with Crippen molar-refractivity contribution >= 4 is 0 Å². The molecule has 1 N–H and O–H groups in total. The van der Waals surface area contributed by atoms with Gasteiger partial charge in [-0.3, -0.25) is 0 Å². The third-order valence-electron chi connectivity index (χ3n) is 0.500. The molecule has 0 aromatic rings. The highest BCUT2D eigenvalue weighted by Crippen LogP contribution is 2.04. The SMILES string of the molecule is C.C.CC1CO1.CO. The first kappa shape index (κ1) is 15.7. The average molecular weight is 122 g/mol. The summed E-state index contributed by atoms with van der Waals surface area (Å²) in [7, 11) is 1.00. The van der Waals surface area contributed by atoms with Gasteiger partial charge in [0.1, 0.15) is 0 Å². The summed E-state index contributed by atoms with van der Waals surface area (Å²) in [5, 5.41) is 7.00. The fourth-order valence-corrected chi connectivity index (χ4v) is 0.0962. The third-order valence-corrected chi connectivity index (χ3v) is 0.500. The number of ether oxygens (including phenoxy) is 1. The summed E-state index contributed by atoms with van der Waals surface area (Å²) in [6.45, 7) is 3.04. The fourth-order valence-electron chi connectivity index (χ4n) is 0.0962. The molecule has 1 fully saturated rings. The van der Waals surface area contributed by atoms with Gasteiger partial charge in [0.2, 0.25) is 0 Å². The fraction of sp³-hybridized carbons (Fsp3) is 1.00. The predicted octanol–water partition coefficient (Wildman–Crippen LogP) is 1.29. The van der Waals surface area contributed by atoms with Crippen LogP contribution in [0.3, 0.4) is 0 Å². The van der Waals surface area contributed by atoms with Crippen LogP contribution in [0.4, 0.5) is 0 Å². The lowest BCUT2D eigenvalue weighted by Gasteiger charge is -1.50. The number of aliphatic hydroxyl groups is 1. The van der Waals surface area contributed by atoms with Crippen LogP contribution in [0.2, 0.25) is 0 Å². The lowest BCUT2D eigenvalue weighted by atomic mass is 10.6. The van der Waals surface area contributed by atoms with Crippen molar-refractivity contribution in [2.45, 2.75) is 27.9 Å². The normalized spacial score (nSPS) is 20.6. The van der Waals surface area contributed by atoms with E-state index in [1.54, 1.807) is 0 Å². The Bertz CT molecular complexity index is 25.7. The Morgan fingerprint density at radius 2 is 1.50 bits per heavy atom. The average Bonchev–Trinajstić information content (AvgIpc) is 2.30. The second-order valence-electron chi connectivity index (χ2n) is 1.14. The molecule has 1 aliphatic heterocycles. The zero-order valence-corrected chi connectivity index (χ0v) is 4.14. The minimum atomic E-state index is 0. The Morgan fingerprint density at radius 3 is 1.50 bits per heavy atom. The Kier molecular flexibility index (Phi) is 19.6. The van der Waals surface area contributed by atoms with Crippen LogP contribution in [0.15, 0.2) is 0 Å². The highest BCUT2D eigenvalue weighted by atomic mass is 16.6. The van der Waals surface area contributed by atoms with Crippen molar-refractivity contribution in [2.75, 3.05) is 13.7 Å². The maximum Gasteiger partial charge on any atom is 0.0781 e. The van der Waals surface area contributed by atoms with Crippen LogP contribution < -0.4 is 0 Å². The minimum Gasteiger partial charge on any atom is -0.400 e. The van der Waals surface area contributed by atoms with Crippen LogP contribution in [0.5, 0.6) is 0 Å². The predicted molar refractivity (Wildman–Crippen MR) is 37.0 cm³/mol. The molecule has 1 saturated heterocycles. The maximum absolute atomic E-state index is 7.00. The standard InChI is InChI=1S/C3H6O.CH4O.2CH4/c1-3-2-4-3;1-2;;/h3H,2H2,1H3;2H,1H3;2*1H4. The molecule has 0 radical (unpaired) electrons. The van der Waals surface area contributed by atoms with Crippen LogP contribution in [0.25, 0.3) is 0 Å². The molecule has 0 spiro atoms. The molecular formula is C6H18O2. The van der Waals surface area contributed by atoms with Gasteiger partial charge in [-0.15, -0.1) is 0 Å². The van der Waals surface area contributed by atoms with E-state index in [2.05, 4.69) is 6.92 Å². The van der Waals surface area contributed by atoms with Gasteiger partial charge in [-0.05, 0) is 6.92 Å². The van der Waals surface area contributed by atoms with Gasteiger partial charge in [-0.1, -0.05) is 14.9 Å². The summed E-state index contributed by atoms with van der Waals surface area (Å²) in [4.78, 5) is 0. The van der Waals surface area contributed by atoms with E-state index in [1.165, 1.54) is 0 Å². The Labute approximate surface area is 52.5 Å². The van der Waals surface area contributed by atoms with Gasteiger partial charge in [0.05, 0.1) is 12.7 Å². The van der Waals surface area contributed by atoms with E-state index in [9.17, 15) is 0 Å². The quantitative estimate of drug-likeness (QED) is 0.491. The summed E-state index contributed by atoms with van der Waals surface area (Å²) in [6.07, 6.45) is 0.583. The molecule has 8 heavy (non-hydrogen) atoms. The monoisotopic (exact) mass is 122 g/mol. The second kappa shape index (κ2) is 10.0. The number of hydrogen-bond donors (Lipinski definition) is 1.